The monoisotopic (exact) mass is 287 g/mol. The number of nitrogens with one attached hydrogen (secondary N) is 1. The number of benzene rings is 2. The molecule has 0 radical (unpaired) electrons. The van der Waals surface area contributed by atoms with Gasteiger partial charge in [-0.05, 0) is 50.1 Å². The highest BCUT2D eigenvalue weighted by Crippen LogP contribution is 2.16. The number of amides is 1. The molecule has 2 rings (SSSR count). The molecule has 0 spiro atoms. The van der Waals surface area contributed by atoms with Gasteiger partial charge in [-0.25, -0.2) is 0 Å². The van der Waals surface area contributed by atoms with E-state index in [1.807, 2.05) is 68.4 Å². The van der Waals surface area contributed by atoms with Crippen LogP contribution in [0.3, 0.4) is 0 Å². The molecule has 0 fully saturated rings. The van der Waals surface area contributed by atoms with E-state index in [-0.39, 0.29) is 11.4 Å². The number of hydrogen-bond donors (Lipinski definition) is 1. The second-order valence-electron chi connectivity index (χ2n) is 5.51. The highest BCUT2D eigenvalue weighted by Gasteiger charge is 2.21. The molecule has 0 aliphatic heterocycles. The fourth-order valence-corrected chi connectivity index (χ4v) is 2.25. The lowest BCUT2D eigenvalue weighted by molar-refractivity contribution is 0.0913. The van der Waals surface area contributed by atoms with Gasteiger partial charge in [0.1, 0.15) is 0 Å². The Kier molecular flexibility index (Phi) is 4.46. The third kappa shape index (κ3) is 4.10. The van der Waals surface area contributed by atoms with Gasteiger partial charge in [-0.15, -0.1) is 0 Å². The summed E-state index contributed by atoms with van der Waals surface area (Å²) in [5, 5.41) is 3.79. The molecular weight excluding hydrogens is 270 g/mol. The number of hydrogen-bond acceptors (Lipinski definition) is 1. The molecule has 1 N–H and O–H groups in total. The van der Waals surface area contributed by atoms with Gasteiger partial charge in [0.05, 0.1) is 0 Å². The second kappa shape index (κ2) is 6.10. The van der Waals surface area contributed by atoms with Crippen molar-refractivity contribution in [3.8, 4) is 0 Å². The largest absolute Gasteiger partial charge is 0.347 e. The molecule has 0 saturated heterocycles. The second-order valence-corrected chi connectivity index (χ2v) is 5.94. The topological polar surface area (TPSA) is 29.1 Å². The predicted molar refractivity (Wildman–Crippen MR) is 83.1 cm³/mol. The van der Waals surface area contributed by atoms with Gasteiger partial charge in [0, 0.05) is 16.1 Å². The molecule has 2 nitrogen and oxygen atoms in total. The van der Waals surface area contributed by atoms with Gasteiger partial charge in [-0.2, -0.15) is 0 Å². The van der Waals surface area contributed by atoms with Crippen LogP contribution in [0.4, 0.5) is 0 Å². The summed E-state index contributed by atoms with van der Waals surface area (Å²) in [6.07, 6.45) is 0.753. The molecule has 1 amide bonds. The molecule has 104 valence electrons. The van der Waals surface area contributed by atoms with Crippen molar-refractivity contribution in [2.45, 2.75) is 25.8 Å². The molecule has 0 atom stereocenters. The SMILES string of the molecule is CC(C)(Cc1ccc(Cl)cc1)NC(=O)c1ccccc1. The fraction of sp³-hybridized carbons (Fsp3) is 0.235. The van der Waals surface area contributed by atoms with Crippen LogP contribution in [0.5, 0.6) is 0 Å². The number of halogens is 1. The van der Waals surface area contributed by atoms with E-state index in [1.165, 1.54) is 0 Å². The standard InChI is InChI=1S/C17H18ClNO/c1-17(2,12-13-8-10-15(18)11-9-13)19-16(20)14-6-4-3-5-7-14/h3-11H,12H2,1-2H3,(H,19,20). The molecule has 3 heteroatoms. The molecule has 0 heterocycles. The van der Waals surface area contributed by atoms with E-state index in [9.17, 15) is 4.79 Å². The van der Waals surface area contributed by atoms with Crippen LogP contribution in [0.1, 0.15) is 29.8 Å². The van der Waals surface area contributed by atoms with Crippen molar-refractivity contribution < 1.29 is 4.79 Å². The minimum Gasteiger partial charge on any atom is -0.347 e. The molecular formula is C17H18ClNO. The molecule has 2 aromatic rings. The van der Waals surface area contributed by atoms with Gasteiger partial charge in [0.15, 0.2) is 0 Å². The summed E-state index contributed by atoms with van der Waals surface area (Å²) < 4.78 is 0. The third-order valence-corrected chi connectivity index (χ3v) is 3.30. The van der Waals surface area contributed by atoms with E-state index < -0.39 is 0 Å². The van der Waals surface area contributed by atoms with Gasteiger partial charge in [0.2, 0.25) is 0 Å². The lowest BCUT2D eigenvalue weighted by Crippen LogP contribution is -2.45. The normalized spacial score (nSPS) is 11.2. The maximum absolute atomic E-state index is 12.2. The molecule has 0 aliphatic carbocycles. The maximum atomic E-state index is 12.2. The quantitative estimate of drug-likeness (QED) is 0.901. The zero-order valence-electron chi connectivity index (χ0n) is 11.7. The molecule has 0 aliphatic rings. The molecule has 0 bridgehead atoms. The Morgan fingerprint density at radius 3 is 2.25 bits per heavy atom. The zero-order chi connectivity index (χ0) is 14.6. The average molecular weight is 288 g/mol. The van der Waals surface area contributed by atoms with Crippen molar-refractivity contribution in [3.05, 3.63) is 70.7 Å². The van der Waals surface area contributed by atoms with Crippen LogP contribution in [0, 0.1) is 0 Å². The lowest BCUT2D eigenvalue weighted by Gasteiger charge is -2.26. The van der Waals surface area contributed by atoms with Gasteiger partial charge in [-0.3, -0.25) is 4.79 Å². The van der Waals surface area contributed by atoms with Crippen LogP contribution in [0.25, 0.3) is 0 Å². The first-order valence-corrected chi connectivity index (χ1v) is 6.96. The van der Waals surface area contributed by atoms with Crippen LogP contribution in [0.2, 0.25) is 5.02 Å². The fourth-order valence-electron chi connectivity index (χ4n) is 2.13. The summed E-state index contributed by atoms with van der Waals surface area (Å²) in [5.74, 6) is -0.0513. The summed E-state index contributed by atoms with van der Waals surface area (Å²) in [4.78, 5) is 12.2. The van der Waals surface area contributed by atoms with E-state index in [0.717, 1.165) is 17.0 Å². The molecule has 0 aromatic heterocycles. The van der Waals surface area contributed by atoms with E-state index in [4.69, 9.17) is 11.6 Å². The summed E-state index contributed by atoms with van der Waals surface area (Å²) in [7, 11) is 0. The van der Waals surface area contributed by atoms with E-state index in [1.54, 1.807) is 0 Å². The number of carbonyl (C=O) groups excluding carboxylic acids is 1. The van der Waals surface area contributed by atoms with Gasteiger partial charge >= 0.3 is 0 Å². The van der Waals surface area contributed by atoms with Crippen LogP contribution in [-0.4, -0.2) is 11.4 Å². The van der Waals surface area contributed by atoms with E-state index in [0.29, 0.717) is 5.56 Å². The van der Waals surface area contributed by atoms with Crippen LogP contribution >= 0.6 is 11.6 Å². The Morgan fingerprint density at radius 2 is 1.65 bits per heavy atom. The Morgan fingerprint density at radius 1 is 1.05 bits per heavy atom. The molecule has 20 heavy (non-hydrogen) atoms. The Balaban J connectivity index is 2.03. The predicted octanol–water partition coefficient (Wildman–Crippen LogP) is 4.09. The van der Waals surface area contributed by atoms with E-state index >= 15 is 0 Å². The lowest BCUT2D eigenvalue weighted by atomic mass is 9.94. The maximum Gasteiger partial charge on any atom is 0.251 e. The Hall–Kier alpha value is -1.80. The molecule has 0 saturated carbocycles. The number of carbonyl (C=O) groups is 1. The molecule has 2 aromatic carbocycles. The first-order valence-electron chi connectivity index (χ1n) is 6.58. The third-order valence-electron chi connectivity index (χ3n) is 3.05. The van der Waals surface area contributed by atoms with Crippen molar-refractivity contribution in [2.75, 3.05) is 0 Å². The smallest absolute Gasteiger partial charge is 0.251 e. The first-order chi connectivity index (χ1) is 9.46. The highest BCUT2D eigenvalue weighted by atomic mass is 35.5. The van der Waals surface area contributed by atoms with Crippen molar-refractivity contribution >= 4 is 17.5 Å². The summed E-state index contributed by atoms with van der Waals surface area (Å²) >= 11 is 5.88. The summed E-state index contributed by atoms with van der Waals surface area (Å²) in [6.45, 7) is 4.03. The van der Waals surface area contributed by atoms with Crippen LogP contribution < -0.4 is 5.32 Å². The average Bonchev–Trinajstić information content (AvgIpc) is 2.41. The van der Waals surface area contributed by atoms with E-state index in [2.05, 4.69) is 5.32 Å². The number of rotatable bonds is 4. The first kappa shape index (κ1) is 14.6. The van der Waals surface area contributed by atoms with Crippen LogP contribution in [0.15, 0.2) is 54.6 Å². The van der Waals surface area contributed by atoms with Crippen molar-refractivity contribution in [2.24, 2.45) is 0 Å². The highest BCUT2D eigenvalue weighted by molar-refractivity contribution is 6.30. The Labute approximate surface area is 124 Å². The van der Waals surface area contributed by atoms with Gasteiger partial charge < -0.3 is 5.32 Å². The molecule has 0 unspecified atom stereocenters. The van der Waals surface area contributed by atoms with Gasteiger partial charge in [0.25, 0.3) is 5.91 Å². The summed E-state index contributed by atoms with van der Waals surface area (Å²) in [5.41, 5.74) is 1.50. The zero-order valence-corrected chi connectivity index (χ0v) is 12.4. The van der Waals surface area contributed by atoms with Gasteiger partial charge in [-0.1, -0.05) is 41.9 Å². The minimum absolute atomic E-state index is 0.0513. The van der Waals surface area contributed by atoms with Crippen molar-refractivity contribution in [1.82, 2.24) is 5.32 Å². The van der Waals surface area contributed by atoms with Crippen molar-refractivity contribution in [1.29, 1.82) is 0 Å². The Bertz CT molecular complexity index is 576. The minimum atomic E-state index is -0.319. The van der Waals surface area contributed by atoms with Crippen molar-refractivity contribution in [3.63, 3.8) is 0 Å². The summed E-state index contributed by atoms with van der Waals surface area (Å²) in [6, 6.07) is 17.0. The van der Waals surface area contributed by atoms with Crippen LogP contribution in [-0.2, 0) is 6.42 Å².